The zero-order chi connectivity index (χ0) is 25.0. The summed E-state index contributed by atoms with van der Waals surface area (Å²) in [5.74, 6) is 0.152. The number of benzene rings is 3. The third-order valence-electron chi connectivity index (χ3n) is 5.48. The van der Waals surface area contributed by atoms with E-state index in [0.29, 0.717) is 11.5 Å². The van der Waals surface area contributed by atoms with E-state index in [1.807, 2.05) is 0 Å². The summed E-state index contributed by atoms with van der Waals surface area (Å²) in [6.07, 6.45) is -4.96. The van der Waals surface area contributed by atoms with Gasteiger partial charge < -0.3 is 24.4 Å². The average Bonchev–Trinajstić information content (AvgIpc) is 2.80. The molecule has 0 aliphatic carbocycles. The molecular weight excluding hydrogens is 453 g/mol. The summed E-state index contributed by atoms with van der Waals surface area (Å²) in [5.41, 5.74) is -1.59. The van der Waals surface area contributed by atoms with Crippen molar-refractivity contribution in [1.29, 1.82) is 0 Å². The van der Waals surface area contributed by atoms with Crippen LogP contribution in [0, 0.1) is 12.7 Å². The van der Waals surface area contributed by atoms with Crippen LogP contribution in [0.3, 0.4) is 0 Å². The van der Waals surface area contributed by atoms with Gasteiger partial charge in [-0.3, -0.25) is 0 Å². The smallest absolute Gasteiger partial charge is 0.489 e. The van der Waals surface area contributed by atoms with Crippen molar-refractivity contribution < 1.29 is 37.1 Å². The van der Waals surface area contributed by atoms with Crippen molar-refractivity contribution in [2.24, 2.45) is 0 Å². The zero-order valence-electron chi connectivity index (χ0n) is 18.9. The standard InChI is InChI=1S/C24H24BF4NO4/c1-15-22(24(27,28)29)20(25(31)32)12-21(23(15)26)30(13-16-4-8-18(33-2)9-5-16)14-17-6-10-19(34-3)11-7-17/h4-12,31-32H,13-14H2,1-3H3. The first-order valence-electron chi connectivity index (χ1n) is 10.3. The summed E-state index contributed by atoms with van der Waals surface area (Å²) < 4.78 is 66.5. The second-order valence-corrected chi connectivity index (χ2v) is 7.72. The maximum Gasteiger partial charge on any atom is 0.489 e. The molecule has 3 rings (SSSR count). The van der Waals surface area contributed by atoms with Crippen LogP contribution in [0.5, 0.6) is 11.5 Å². The Morgan fingerprint density at radius 2 is 1.29 bits per heavy atom. The number of alkyl halides is 3. The molecule has 0 radical (unpaired) electrons. The molecule has 34 heavy (non-hydrogen) atoms. The maximum absolute atomic E-state index is 15.4. The maximum atomic E-state index is 15.4. The van der Waals surface area contributed by atoms with Gasteiger partial charge in [-0.05, 0) is 59.4 Å². The second-order valence-electron chi connectivity index (χ2n) is 7.72. The average molecular weight is 477 g/mol. The Bertz CT molecular complexity index is 1070. The molecule has 0 bridgehead atoms. The highest BCUT2D eigenvalue weighted by atomic mass is 19.4. The lowest BCUT2D eigenvalue weighted by Crippen LogP contribution is -2.38. The molecule has 0 saturated carbocycles. The summed E-state index contributed by atoms with van der Waals surface area (Å²) in [4.78, 5) is 1.54. The molecule has 3 aromatic rings. The van der Waals surface area contributed by atoms with Crippen LogP contribution < -0.4 is 19.8 Å². The number of hydrogen-bond acceptors (Lipinski definition) is 5. The van der Waals surface area contributed by atoms with Crippen molar-refractivity contribution in [1.82, 2.24) is 0 Å². The van der Waals surface area contributed by atoms with Gasteiger partial charge in [0.05, 0.1) is 25.5 Å². The molecule has 0 amide bonds. The zero-order valence-corrected chi connectivity index (χ0v) is 18.9. The molecule has 0 heterocycles. The molecule has 2 N–H and O–H groups in total. The van der Waals surface area contributed by atoms with E-state index in [9.17, 15) is 23.2 Å². The highest BCUT2D eigenvalue weighted by Gasteiger charge is 2.40. The molecule has 0 aromatic heterocycles. The lowest BCUT2D eigenvalue weighted by Gasteiger charge is -2.28. The van der Waals surface area contributed by atoms with Crippen LogP contribution in [0.2, 0.25) is 0 Å². The van der Waals surface area contributed by atoms with Crippen molar-refractivity contribution in [3.05, 3.63) is 82.7 Å². The van der Waals surface area contributed by atoms with Gasteiger partial charge in [-0.1, -0.05) is 24.3 Å². The summed E-state index contributed by atoms with van der Waals surface area (Å²) in [6.45, 7) is 1.25. The Morgan fingerprint density at radius 1 is 0.853 bits per heavy atom. The highest BCUT2D eigenvalue weighted by Crippen LogP contribution is 2.36. The topological polar surface area (TPSA) is 62.2 Å². The van der Waals surface area contributed by atoms with Crippen LogP contribution in [-0.2, 0) is 19.3 Å². The van der Waals surface area contributed by atoms with E-state index in [1.165, 1.54) is 19.1 Å². The van der Waals surface area contributed by atoms with E-state index in [4.69, 9.17) is 9.47 Å². The number of hydrogen-bond donors (Lipinski definition) is 2. The Balaban J connectivity index is 2.11. The van der Waals surface area contributed by atoms with Crippen molar-refractivity contribution >= 4 is 18.3 Å². The first kappa shape index (κ1) is 25.4. The van der Waals surface area contributed by atoms with E-state index in [0.717, 1.165) is 24.1 Å². The molecule has 0 spiro atoms. The molecule has 0 saturated heterocycles. The van der Waals surface area contributed by atoms with E-state index >= 15 is 4.39 Å². The molecule has 0 aliphatic heterocycles. The van der Waals surface area contributed by atoms with Gasteiger partial charge in [0.2, 0.25) is 0 Å². The van der Waals surface area contributed by atoms with Crippen LogP contribution in [-0.4, -0.2) is 31.4 Å². The van der Waals surface area contributed by atoms with Gasteiger partial charge in [-0.25, -0.2) is 4.39 Å². The molecule has 0 fully saturated rings. The van der Waals surface area contributed by atoms with E-state index in [-0.39, 0.29) is 18.8 Å². The lowest BCUT2D eigenvalue weighted by atomic mass is 9.75. The Hall–Kier alpha value is -3.24. The van der Waals surface area contributed by atoms with Crippen LogP contribution in [0.1, 0.15) is 22.3 Å². The molecular formula is C24H24BF4NO4. The first-order chi connectivity index (χ1) is 16.0. The van der Waals surface area contributed by atoms with E-state index in [2.05, 4.69) is 0 Å². The molecule has 0 aliphatic rings. The summed E-state index contributed by atoms with van der Waals surface area (Å²) in [6, 6.07) is 14.8. The third kappa shape index (κ3) is 5.63. The van der Waals surface area contributed by atoms with Crippen LogP contribution >= 0.6 is 0 Å². The molecule has 5 nitrogen and oxygen atoms in total. The number of halogens is 4. The minimum absolute atomic E-state index is 0.138. The fourth-order valence-electron chi connectivity index (χ4n) is 3.74. The quantitative estimate of drug-likeness (QED) is 0.379. The van der Waals surface area contributed by atoms with Crippen molar-refractivity contribution in [3.63, 3.8) is 0 Å². The van der Waals surface area contributed by atoms with E-state index < -0.39 is 35.7 Å². The second kappa shape index (κ2) is 10.4. The largest absolute Gasteiger partial charge is 0.497 e. The number of methoxy groups -OCH3 is 2. The van der Waals surface area contributed by atoms with Gasteiger partial charge in [-0.15, -0.1) is 0 Å². The van der Waals surface area contributed by atoms with Gasteiger partial charge in [0.15, 0.2) is 0 Å². The monoisotopic (exact) mass is 477 g/mol. The predicted molar refractivity (Wildman–Crippen MR) is 122 cm³/mol. The highest BCUT2D eigenvalue weighted by molar-refractivity contribution is 6.59. The summed E-state index contributed by atoms with van der Waals surface area (Å²) in [7, 11) is 0.610. The normalized spacial score (nSPS) is 11.3. The Labute approximate surface area is 195 Å². The molecule has 3 aromatic carbocycles. The molecule has 180 valence electrons. The van der Waals surface area contributed by atoms with Gasteiger partial charge in [0, 0.05) is 13.1 Å². The fraction of sp³-hybridized carbons (Fsp3) is 0.250. The van der Waals surface area contributed by atoms with Crippen LogP contribution in [0.4, 0.5) is 23.2 Å². The van der Waals surface area contributed by atoms with Gasteiger partial charge in [0.1, 0.15) is 17.3 Å². The SMILES string of the molecule is COc1ccc(CN(Cc2ccc(OC)cc2)c2cc(B(O)O)c(C(F)(F)F)c(C)c2F)cc1. The van der Waals surface area contributed by atoms with Gasteiger partial charge >= 0.3 is 13.3 Å². The van der Waals surface area contributed by atoms with Crippen molar-refractivity contribution in [2.45, 2.75) is 26.2 Å². The lowest BCUT2D eigenvalue weighted by molar-refractivity contribution is -0.137. The van der Waals surface area contributed by atoms with Crippen LogP contribution in [0.25, 0.3) is 0 Å². The number of ether oxygens (including phenoxy) is 2. The molecule has 0 atom stereocenters. The Kier molecular flexibility index (Phi) is 7.73. The number of nitrogens with zero attached hydrogens (tertiary/aromatic N) is 1. The van der Waals surface area contributed by atoms with Crippen molar-refractivity contribution in [3.8, 4) is 11.5 Å². The summed E-state index contributed by atoms with van der Waals surface area (Å²) >= 11 is 0. The Morgan fingerprint density at radius 3 is 1.65 bits per heavy atom. The minimum atomic E-state index is -4.96. The predicted octanol–water partition coefficient (Wildman–Crippen LogP) is 4.06. The third-order valence-corrected chi connectivity index (χ3v) is 5.48. The number of anilines is 1. The number of rotatable bonds is 8. The summed E-state index contributed by atoms with van der Waals surface area (Å²) in [5, 5.41) is 19.3. The molecule has 0 unspecified atom stereocenters. The first-order valence-corrected chi connectivity index (χ1v) is 10.3. The van der Waals surface area contributed by atoms with Crippen molar-refractivity contribution in [2.75, 3.05) is 19.1 Å². The molecule has 10 heteroatoms. The fourth-order valence-corrected chi connectivity index (χ4v) is 3.74. The van der Waals surface area contributed by atoms with Gasteiger partial charge in [0.25, 0.3) is 0 Å². The minimum Gasteiger partial charge on any atom is -0.497 e. The van der Waals surface area contributed by atoms with Gasteiger partial charge in [-0.2, -0.15) is 13.2 Å². The van der Waals surface area contributed by atoms with Crippen LogP contribution in [0.15, 0.2) is 54.6 Å². The van der Waals surface area contributed by atoms with E-state index in [1.54, 1.807) is 48.5 Å².